The topological polar surface area (TPSA) is 114 Å². The van der Waals surface area contributed by atoms with E-state index < -0.39 is 11.0 Å². The molecular formula is C31H41N5O3S. The van der Waals surface area contributed by atoms with Crippen LogP contribution in [0.25, 0.3) is 33.4 Å². The van der Waals surface area contributed by atoms with Crippen molar-refractivity contribution in [1.29, 1.82) is 0 Å². The third-order valence-corrected chi connectivity index (χ3v) is 8.48. The van der Waals surface area contributed by atoms with Crippen molar-refractivity contribution in [2.75, 3.05) is 38.2 Å². The Morgan fingerprint density at radius 1 is 0.950 bits per heavy atom. The molecule has 214 valence electrons. The van der Waals surface area contributed by atoms with Gasteiger partial charge in [0, 0.05) is 25.2 Å². The molecule has 2 aromatic carbocycles. The van der Waals surface area contributed by atoms with E-state index in [2.05, 4.69) is 46.2 Å². The summed E-state index contributed by atoms with van der Waals surface area (Å²) in [7, 11) is -1.48. The first-order valence-electron chi connectivity index (χ1n) is 14.3. The highest BCUT2D eigenvalue weighted by atomic mass is 32.2. The molecule has 40 heavy (non-hydrogen) atoms. The van der Waals surface area contributed by atoms with Crippen LogP contribution in [0.3, 0.4) is 0 Å². The van der Waals surface area contributed by atoms with Crippen molar-refractivity contribution in [1.82, 2.24) is 19.3 Å². The van der Waals surface area contributed by atoms with Gasteiger partial charge >= 0.3 is 0 Å². The molecule has 1 aliphatic carbocycles. The molecule has 0 amide bonds. The molecule has 5 rings (SSSR count). The molecule has 1 fully saturated rings. The standard InChI is InChI=1S/C27H31N5O3S.C4H10/c33-16-14-32(15-17-34)36(35)22-10-8-21(9-11-22)25-23(20-4-2-1-3-5-20)24-26(28-13-12-19-6-7-19)29-18-30-27(24)31-25;1-3-4-2/h1-5,8-11,18-19,33-34H,6-7,12-17H2,(H2,28,29,30,31);3-4H2,1-2H3. The summed E-state index contributed by atoms with van der Waals surface area (Å²) >= 11 is 0. The van der Waals surface area contributed by atoms with E-state index in [-0.39, 0.29) is 26.3 Å². The summed E-state index contributed by atoms with van der Waals surface area (Å²) in [5, 5.41) is 23.1. The Morgan fingerprint density at radius 3 is 2.23 bits per heavy atom. The number of benzene rings is 2. The van der Waals surface area contributed by atoms with Gasteiger partial charge in [0.15, 0.2) is 0 Å². The Hall–Kier alpha value is -3.11. The van der Waals surface area contributed by atoms with E-state index >= 15 is 0 Å². The van der Waals surface area contributed by atoms with Gasteiger partial charge in [0.05, 0.1) is 29.2 Å². The summed E-state index contributed by atoms with van der Waals surface area (Å²) in [5.74, 6) is 1.66. The van der Waals surface area contributed by atoms with Gasteiger partial charge in [-0.3, -0.25) is 0 Å². The number of unbranched alkanes of at least 4 members (excludes halogenated alkanes) is 1. The fourth-order valence-electron chi connectivity index (χ4n) is 4.46. The molecule has 2 aromatic heterocycles. The van der Waals surface area contributed by atoms with Crippen molar-refractivity contribution in [2.24, 2.45) is 5.92 Å². The van der Waals surface area contributed by atoms with Crippen LogP contribution in [0.4, 0.5) is 5.82 Å². The monoisotopic (exact) mass is 563 g/mol. The second-order valence-electron chi connectivity index (χ2n) is 10.00. The quantitative estimate of drug-likeness (QED) is 0.168. The van der Waals surface area contributed by atoms with Crippen LogP contribution in [0.1, 0.15) is 46.0 Å². The molecule has 2 heterocycles. The highest BCUT2D eigenvalue weighted by molar-refractivity contribution is 7.82. The maximum Gasteiger partial charge on any atom is 0.143 e. The SMILES string of the molecule is CCCC.O=S(c1ccc(-c2[nH]c3ncnc(NCCC4CC4)c3c2-c2ccccc2)cc1)N(CCO)CCO. The number of anilines is 1. The minimum atomic E-state index is -1.48. The normalized spacial score (nSPS) is 13.7. The molecule has 0 radical (unpaired) electrons. The first-order chi connectivity index (χ1) is 19.6. The average Bonchev–Trinajstić information content (AvgIpc) is 3.74. The number of hydrogen-bond donors (Lipinski definition) is 4. The number of aliphatic hydroxyl groups excluding tert-OH is 2. The van der Waals surface area contributed by atoms with Crippen molar-refractivity contribution < 1.29 is 14.4 Å². The van der Waals surface area contributed by atoms with Gasteiger partial charge in [-0.15, -0.1) is 0 Å². The molecule has 1 atom stereocenters. The fraction of sp³-hybridized carbons (Fsp3) is 0.419. The van der Waals surface area contributed by atoms with Gasteiger partial charge in [-0.1, -0.05) is 82.0 Å². The molecule has 1 saturated carbocycles. The molecule has 9 heteroatoms. The van der Waals surface area contributed by atoms with Crippen LogP contribution < -0.4 is 5.32 Å². The molecule has 0 bridgehead atoms. The summed E-state index contributed by atoms with van der Waals surface area (Å²) < 4.78 is 14.5. The average molecular weight is 564 g/mol. The number of rotatable bonds is 13. The van der Waals surface area contributed by atoms with Gasteiger partial charge in [-0.25, -0.2) is 18.5 Å². The molecule has 0 aliphatic heterocycles. The Bertz CT molecular complexity index is 1350. The lowest BCUT2D eigenvalue weighted by molar-refractivity contribution is 0.222. The molecule has 1 unspecified atom stereocenters. The predicted molar refractivity (Wildman–Crippen MR) is 163 cm³/mol. The second-order valence-corrected chi connectivity index (χ2v) is 11.5. The van der Waals surface area contributed by atoms with E-state index in [0.29, 0.717) is 4.90 Å². The first-order valence-corrected chi connectivity index (χ1v) is 15.4. The number of aliphatic hydroxyl groups is 2. The van der Waals surface area contributed by atoms with Crippen LogP contribution in [0.5, 0.6) is 0 Å². The van der Waals surface area contributed by atoms with E-state index in [1.165, 1.54) is 25.7 Å². The summed E-state index contributed by atoms with van der Waals surface area (Å²) in [6, 6.07) is 17.7. The van der Waals surface area contributed by atoms with Crippen LogP contribution in [0, 0.1) is 5.92 Å². The minimum absolute atomic E-state index is 0.128. The number of nitrogens with zero attached hydrogens (tertiary/aromatic N) is 3. The Balaban J connectivity index is 0.000000867. The number of aromatic amines is 1. The summed E-state index contributed by atoms with van der Waals surface area (Å²) in [5.41, 5.74) is 4.70. The molecule has 8 nitrogen and oxygen atoms in total. The Labute approximate surface area is 239 Å². The van der Waals surface area contributed by atoms with Crippen molar-refractivity contribution in [3.05, 3.63) is 60.9 Å². The molecule has 4 N–H and O–H groups in total. The van der Waals surface area contributed by atoms with Crippen molar-refractivity contribution in [2.45, 2.75) is 50.8 Å². The van der Waals surface area contributed by atoms with Crippen LogP contribution in [0.2, 0.25) is 0 Å². The van der Waals surface area contributed by atoms with Gasteiger partial charge in [-0.2, -0.15) is 0 Å². The number of nitrogens with one attached hydrogen (secondary N) is 2. The van der Waals surface area contributed by atoms with Gasteiger partial charge in [0.2, 0.25) is 0 Å². The molecule has 0 saturated heterocycles. The Kier molecular flexibility index (Phi) is 11.2. The van der Waals surface area contributed by atoms with Gasteiger partial charge < -0.3 is 20.5 Å². The second kappa shape index (κ2) is 15.0. The maximum atomic E-state index is 13.0. The smallest absolute Gasteiger partial charge is 0.143 e. The zero-order chi connectivity index (χ0) is 28.3. The predicted octanol–water partition coefficient (Wildman–Crippen LogP) is 5.62. The fourth-order valence-corrected chi connectivity index (χ4v) is 5.62. The van der Waals surface area contributed by atoms with Crippen molar-refractivity contribution in [3.63, 3.8) is 0 Å². The lowest BCUT2D eigenvalue weighted by atomic mass is 9.99. The third kappa shape index (κ3) is 7.54. The van der Waals surface area contributed by atoms with Crippen LogP contribution in [0.15, 0.2) is 65.8 Å². The number of fused-ring (bicyclic) bond motifs is 1. The van der Waals surface area contributed by atoms with E-state index in [0.717, 1.165) is 58.1 Å². The van der Waals surface area contributed by atoms with E-state index in [1.807, 2.05) is 42.5 Å². The minimum Gasteiger partial charge on any atom is -0.395 e. The van der Waals surface area contributed by atoms with E-state index in [1.54, 1.807) is 10.6 Å². The van der Waals surface area contributed by atoms with Gasteiger partial charge in [0.1, 0.15) is 28.8 Å². The molecule has 4 aromatic rings. The third-order valence-electron chi connectivity index (χ3n) is 6.97. The van der Waals surface area contributed by atoms with Crippen molar-refractivity contribution >= 4 is 27.8 Å². The van der Waals surface area contributed by atoms with E-state index in [9.17, 15) is 14.4 Å². The summed E-state index contributed by atoms with van der Waals surface area (Å²) in [6.45, 7) is 5.44. The molecule has 0 spiro atoms. The number of aromatic nitrogens is 3. The zero-order valence-electron chi connectivity index (χ0n) is 23.5. The Morgan fingerprint density at radius 2 is 1.62 bits per heavy atom. The van der Waals surface area contributed by atoms with Crippen LogP contribution in [-0.2, 0) is 11.0 Å². The highest BCUT2D eigenvalue weighted by Gasteiger charge is 2.23. The van der Waals surface area contributed by atoms with Crippen molar-refractivity contribution in [3.8, 4) is 22.4 Å². The summed E-state index contributed by atoms with van der Waals surface area (Å²) in [4.78, 5) is 13.2. The van der Waals surface area contributed by atoms with Crippen LogP contribution >= 0.6 is 0 Å². The number of H-pyrrole nitrogens is 1. The summed E-state index contributed by atoms with van der Waals surface area (Å²) in [6.07, 6.45) is 8.01. The zero-order valence-corrected chi connectivity index (χ0v) is 24.3. The van der Waals surface area contributed by atoms with Crippen LogP contribution in [-0.4, -0.2) is 66.5 Å². The maximum absolute atomic E-state index is 13.0. The lowest BCUT2D eigenvalue weighted by Gasteiger charge is -2.19. The molecule has 1 aliphatic rings. The van der Waals surface area contributed by atoms with Gasteiger partial charge in [0.25, 0.3) is 0 Å². The number of hydrogen-bond acceptors (Lipinski definition) is 6. The van der Waals surface area contributed by atoms with E-state index in [4.69, 9.17) is 0 Å². The highest BCUT2D eigenvalue weighted by Crippen LogP contribution is 2.40. The first kappa shape index (κ1) is 29.9. The van der Waals surface area contributed by atoms with Gasteiger partial charge in [-0.05, 0) is 35.6 Å². The lowest BCUT2D eigenvalue weighted by Crippen LogP contribution is -2.31. The molecular weight excluding hydrogens is 522 g/mol. The largest absolute Gasteiger partial charge is 0.395 e.